The molecule has 2 heterocycles. The van der Waals surface area contributed by atoms with Gasteiger partial charge in [0.1, 0.15) is 11.7 Å². The lowest BCUT2D eigenvalue weighted by atomic mass is 10.2. The summed E-state index contributed by atoms with van der Waals surface area (Å²) < 4.78 is 1.63. The van der Waals surface area contributed by atoms with Crippen LogP contribution in [0.25, 0.3) is 16.7 Å². The standard InChI is InChI=1S/C16H20N8O2/c1-9(20-15(25)10(2)21-16(26)17-3)14-7-24(23-22-14)11-4-5-12-13(6-11)19-8-18-12/h4-10H,1-3H3,(H,18,19)(H,20,25)(H2,17,21,26). The number of H-pyrrole nitrogens is 1. The Balaban J connectivity index is 1.68. The summed E-state index contributed by atoms with van der Waals surface area (Å²) in [5.41, 5.74) is 3.20. The monoisotopic (exact) mass is 356 g/mol. The molecule has 3 aromatic rings. The van der Waals surface area contributed by atoms with Gasteiger partial charge in [0.25, 0.3) is 0 Å². The highest BCUT2D eigenvalue weighted by Crippen LogP contribution is 2.16. The lowest BCUT2D eigenvalue weighted by molar-refractivity contribution is -0.123. The van der Waals surface area contributed by atoms with Gasteiger partial charge in [0.15, 0.2) is 0 Å². The molecule has 0 aliphatic carbocycles. The summed E-state index contributed by atoms with van der Waals surface area (Å²) in [6.07, 6.45) is 3.38. The molecule has 1 aromatic carbocycles. The molecule has 26 heavy (non-hydrogen) atoms. The van der Waals surface area contributed by atoms with Crippen molar-refractivity contribution in [3.05, 3.63) is 36.4 Å². The first-order valence-corrected chi connectivity index (χ1v) is 8.12. The molecule has 0 saturated heterocycles. The summed E-state index contributed by atoms with van der Waals surface area (Å²) in [7, 11) is 1.49. The zero-order valence-corrected chi connectivity index (χ0v) is 14.6. The quantitative estimate of drug-likeness (QED) is 0.533. The minimum absolute atomic E-state index is 0.311. The van der Waals surface area contributed by atoms with Gasteiger partial charge >= 0.3 is 6.03 Å². The lowest BCUT2D eigenvalue weighted by Gasteiger charge is -2.16. The predicted octanol–water partition coefficient (Wildman–Crippen LogP) is 0.638. The van der Waals surface area contributed by atoms with Crippen molar-refractivity contribution in [2.75, 3.05) is 7.05 Å². The topological polar surface area (TPSA) is 130 Å². The Morgan fingerprint density at radius 2 is 2.04 bits per heavy atom. The Morgan fingerprint density at radius 1 is 1.23 bits per heavy atom. The van der Waals surface area contributed by atoms with Crippen LogP contribution in [-0.2, 0) is 4.79 Å². The number of nitrogens with zero attached hydrogens (tertiary/aromatic N) is 4. The minimum atomic E-state index is -0.671. The second kappa shape index (κ2) is 7.21. The molecule has 0 aliphatic heterocycles. The van der Waals surface area contributed by atoms with Crippen LogP contribution in [0.1, 0.15) is 25.6 Å². The molecule has 4 N–H and O–H groups in total. The lowest BCUT2D eigenvalue weighted by Crippen LogP contribution is -2.48. The number of aromatic amines is 1. The Bertz CT molecular complexity index is 931. The van der Waals surface area contributed by atoms with Crippen molar-refractivity contribution in [1.82, 2.24) is 40.9 Å². The van der Waals surface area contributed by atoms with E-state index in [1.54, 1.807) is 31.1 Å². The third-order valence-corrected chi connectivity index (χ3v) is 3.95. The minimum Gasteiger partial charge on any atom is -0.346 e. The zero-order chi connectivity index (χ0) is 18.7. The van der Waals surface area contributed by atoms with E-state index in [2.05, 4.69) is 36.2 Å². The molecule has 0 radical (unpaired) electrons. The molecule has 2 aromatic heterocycles. The third-order valence-electron chi connectivity index (χ3n) is 3.95. The van der Waals surface area contributed by atoms with Gasteiger partial charge in [-0.3, -0.25) is 4.79 Å². The van der Waals surface area contributed by atoms with Crippen LogP contribution in [0.2, 0.25) is 0 Å². The summed E-state index contributed by atoms with van der Waals surface area (Å²) in [5.74, 6) is -0.311. The van der Waals surface area contributed by atoms with Crippen LogP contribution < -0.4 is 16.0 Å². The molecule has 3 amide bonds. The Labute approximate surface area is 149 Å². The average Bonchev–Trinajstić information content (AvgIpc) is 3.29. The van der Waals surface area contributed by atoms with E-state index in [1.165, 1.54) is 7.05 Å². The normalized spacial score (nSPS) is 13.2. The van der Waals surface area contributed by atoms with Crippen molar-refractivity contribution in [2.24, 2.45) is 0 Å². The third kappa shape index (κ3) is 3.63. The van der Waals surface area contributed by atoms with Gasteiger partial charge in [-0.25, -0.2) is 14.5 Å². The van der Waals surface area contributed by atoms with E-state index in [4.69, 9.17) is 0 Å². The fourth-order valence-electron chi connectivity index (χ4n) is 2.41. The maximum atomic E-state index is 12.2. The summed E-state index contributed by atoms with van der Waals surface area (Å²) in [6, 6.07) is 4.25. The highest BCUT2D eigenvalue weighted by atomic mass is 16.2. The van der Waals surface area contributed by atoms with Gasteiger partial charge in [-0.2, -0.15) is 0 Å². The average molecular weight is 356 g/mol. The van der Waals surface area contributed by atoms with Crippen LogP contribution in [0, 0.1) is 0 Å². The number of rotatable bonds is 5. The number of hydrogen-bond donors (Lipinski definition) is 4. The fraction of sp³-hybridized carbons (Fsp3) is 0.312. The number of urea groups is 1. The first-order valence-electron chi connectivity index (χ1n) is 8.12. The van der Waals surface area contributed by atoms with Crippen molar-refractivity contribution < 1.29 is 9.59 Å². The van der Waals surface area contributed by atoms with E-state index in [0.29, 0.717) is 5.69 Å². The van der Waals surface area contributed by atoms with Crippen molar-refractivity contribution in [3.63, 3.8) is 0 Å². The predicted molar refractivity (Wildman–Crippen MR) is 94.6 cm³/mol. The number of carbonyl (C=O) groups is 2. The van der Waals surface area contributed by atoms with E-state index in [-0.39, 0.29) is 11.9 Å². The number of hydrogen-bond acceptors (Lipinski definition) is 5. The number of carbonyl (C=O) groups excluding carboxylic acids is 2. The van der Waals surface area contributed by atoms with E-state index in [1.807, 2.05) is 18.2 Å². The van der Waals surface area contributed by atoms with Gasteiger partial charge in [0.2, 0.25) is 5.91 Å². The molecule has 2 unspecified atom stereocenters. The molecule has 136 valence electrons. The van der Waals surface area contributed by atoms with E-state index in [0.717, 1.165) is 16.7 Å². The molecule has 0 saturated carbocycles. The van der Waals surface area contributed by atoms with Crippen LogP contribution in [0.4, 0.5) is 4.79 Å². The van der Waals surface area contributed by atoms with Crippen LogP contribution in [0.5, 0.6) is 0 Å². The van der Waals surface area contributed by atoms with Gasteiger partial charge in [-0.15, -0.1) is 5.10 Å². The first kappa shape index (κ1) is 17.4. The van der Waals surface area contributed by atoms with Crippen molar-refractivity contribution in [3.8, 4) is 5.69 Å². The maximum Gasteiger partial charge on any atom is 0.315 e. The molecular weight excluding hydrogens is 336 g/mol. The van der Waals surface area contributed by atoms with Crippen LogP contribution in [0.3, 0.4) is 0 Å². The highest BCUT2D eigenvalue weighted by molar-refractivity contribution is 5.86. The number of nitrogens with one attached hydrogen (secondary N) is 4. The SMILES string of the molecule is CNC(=O)NC(C)C(=O)NC(C)c1cn(-c2ccc3nc[nH]c3c2)nn1. The zero-order valence-electron chi connectivity index (χ0n) is 14.6. The summed E-state index contributed by atoms with van der Waals surface area (Å²) >= 11 is 0. The van der Waals surface area contributed by atoms with E-state index >= 15 is 0 Å². The van der Waals surface area contributed by atoms with Crippen molar-refractivity contribution in [2.45, 2.75) is 25.9 Å². The number of benzene rings is 1. The molecule has 3 rings (SSSR count). The number of aromatic nitrogens is 5. The molecule has 0 fully saturated rings. The maximum absolute atomic E-state index is 12.2. The van der Waals surface area contributed by atoms with Gasteiger partial charge in [0.05, 0.1) is 35.3 Å². The Morgan fingerprint density at radius 3 is 2.81 bits per heavy atom. The largest absolute Gasteiger partial charge is 0.346 e. The van der Waals surface area contributed by atoms with Crippen molar-refractivity contribution >= 4 is 23.0 Å². The number of fused-ring (bicyclic) bond motifs is 1. The summed E-state index contributed by atoms with van der Waals surface area (Å²) in [6.45, 7) is 3.41. The molecule has 0 bridgehead atoms. The second-order valence-corrected chi connectivity index (χ2v) is 5.87. The van der Waals surface area contributed by atoms with Gasteiger partial charge in [-0.1, -0.05) is 5.21 Å². The fourth-order valence-corrected chi connectivity index (χ4v) is 2.41. The molecule has 10 nitrogen and oxygen atoms in total. The molecule has 10 heteroatoms. The summed E-state index contributed by atoms with van der Waals surface area (Å²) in [5, 5.41) is 16.0. The molecule has 0 aliphatic rings. The van der Waals surface area contributed by atoms with Gasteiger partial charge in [-0.05, 0) is 32.0 Å². The van der Waals surface area contributed by atoms with Gasteiger partial charge < -0.3 is 20.9 Å². The summed E-state index contributed by atoms with van der Waals surface area (Å²) in [4.78, 5) is 30.7. The Hall–Kier alpha value is -3.43. The first-order chi connectivity index (χ1) is 12.5. The Kier molecular flexibility index (Phi) is 4.83. The van der Waals surface area contributed by atoms with Crippen LogP contribution >= 0.6 is 0 Å². The molecule has 0 spiro atoms. The second-order valence-electron chi connectivity index (χ2n) is 5.87. The van der Waals surface area contributed by atoms with E-state index in [9.17, 15) is 9.59 Å². The van der Waals surface area contributed by atoms with E-state index < -0.39 is 12.1 Å². The molecular formula is C16H20N8O2. The van der Waals surface area contributed by atoms with Gasteiger partial charge in [0, 0.05) is 7.05 Å². The number of imidazole rings is 1. The van der Waals surface area contributed by atoms with Crippen molar-refractivity contribution in [1.29, 1.82) is 0 Å². The van der Waals surface area contributed by atoms with Crippen LogP contribution in [-0.4, -0.2) is 50.0 Å². The number of amides is 3. The van der Waals surface area contributed by atoms with Crippen LogP contribution in [0.15, 0.2) is 30.7 Å². The highest BCUT2D eigenvalue weighted by Gasteiger charge is 2.19. The smallest absolute Gasteiger partial charge is 0.315 e. The molecule has 2 atom stereocenters.